The van der Waals surface area contributed by atoms with E-state index in [1.807, 2.05) is 0 Å². The van der Waals surface area contributed by atoms with Gasteiger partial charge in [0.25, 0.3) is 0 Å². The highest BCUT2D eigenvalue weighted by Crippen LogP contribution is 2.41. The molecule has 0 aromatic carbocycles. The molecule has 0 radical (unpaired) electrons. The van der Waals surface area contributed by atoms with E-state index in [9.17, 15) is 0 Å². The number of rotatable bonds is 36. The molecule has 2 atom stereocenters. The lowest BCUT2D eigenvalue weighted by molar-refractivity contribution is 0.352. The smallest absolute Gasteiger partial charge is 0.130 e. The van der Waals surface area contributed by atoms with Crippen molar-refractivity contribution in [2.45, 2.75) is 210 Å². The second kappa shape index (κ2) is 35.1. The normalized spacial score (nSPS) is 16.9. The van der Waals surface area contributed by atoms with Gasteiger partial charge in [0.15, 0.2) is 0 Å². The second-order valence-corrected chi connectivity index (χ2v) is 15.9. The number of thioether (sulfide) groups is 1. The minimum atomic E-state index is 0.483. The van der Waals surface area contributed by atoms with Gasteiger partial charge in [-0.2, -0.15) is 0 Å². The molecular weight excluding hydrogens is 591 g/mol. The van der Waals surface area contributed by atoms with Gasteiger partial charge in [0.1, 0.15) is 5.44 Å². The molecule has 0 aliphatic carbocycles. The molecule has 0 saturated carbocycles. The van der Waals surface area contributed by atoms with Crippen molar-refractivity contribution in [1.82, 2.24) is 4.90 Å². The molecule has 1 saturated heterocycles. The van der Waals surface area contributed by atoms with Gasteiger partial charge in [0.05, 0.1) is 6.10 Å². The van der Waals surface area contributed by atoms with Crippen LogP contribution < -0.4 is 0 Å². The fourth-order valence-corrected chi connectivity index (χ4v) is 7.75. The summed E-state index contributed by atoms with van der Waals surface area (Å²) in [5.74, 6) is 0. The molecule has 0 aromatic rings. The summed E-state index contributed by atoms with van der Waals surface area (Å²) in [5.41, 5.74) is 0.483. The number of allylic oxidation sites excluding steroid dienone is 8. The van der Waals surface area contributed by atoms with Crippen molar-refractivity contribution in [2.24, 2.45) is 0 Å². The largest absolute Gasteiger partial charge is 0.358 e. The average molecular weight is 672 g/mol. The first-order valence-corrected chi connectivity index (χ1v) is 21.7. The summed E-state index contributed by atoms with van der Waals surface area (Å²) in [4.78, 5) is 2.30. The third kappa shape index (κ3) is 32.2. The third-order valence-corrected chi connectivity index (χ3v) is 10.9. The fourth-order valence-electron chi connectivity index (χ4n) is 6.25. The Bertz CT molecular complexity index is 708. The summed E-state index contributed by atoms with van der Waals surface area (Å²) in [6.45, 7) is 5.73. The van der Waals surface area contributed by atoms with Crippen LogP contribution in [-0.2, 0) is 4.74 Å². The number of unbranched alkanes of at least 4 members (excludes halogenated alkanes) is 18. The van der Waals surface area contributed by atoms with Crippen LogP contribution in [0.5, 0.6) is 0 Å². The fraction of sp³-hybridized carbons (Fsp3) is 0.818. The van der Waals surface area contributed by atoms with E-state index in [0.29, 0.717) is 11.5 Å². The molecule has 0 bridgehead atoms. The van der Waals surface area contributed by atoms with E-state index in [1.165, 1.54) is 173 Å². The number of hydrogen-bond donors (Lipinski definition) is 0. The molecule has 274 valence electrons. The van der Waals surface area contributed by atoms with Crippen LogP contribution in [0.3, 0.4) is 0 Å². The Kier molecular flexibility index (Phi) is 33.0. The van der Waals surface area contributed by atoms with Crippen LogP contribution in [0.2, 0.25) is 0 Å². The minimum Gasteiger partial charge on any atom is -0.358 e. The standard InChI is InChI=1S/C44H81NOS/c1-5-7-9-11-13-15-17-19-21-23-25-27-29-31-33-35-38-42(47-44-43(46-44)40-37-41-45(3)4)39-36-34-32-30-28-26-24-22-20-18-16-14-12-10-8-6-2/h13-16,19-22,42-44H,5-12,17-18,23-41H2,1-4H3/b15-13-,16-14-,21-19-,22-20-. The monoisotopic (exact) mass is 672 g/mol. The van der Waals surface area contributed by atoms with E-state index >= 15 is 0 Å². The molecule has 0 N–H and O–H groups in total. The van der Waals surface area contributed by atoms with Crippen molar-refractivity contribution in [3.63, 3.8) is 0 Å². The second-order valence-electron chi connectivity index (χ2n) is 14.5. The summed E-state index contributed by atoms with van der Waals surface area (Å²) in [6, 6.07) is 0. The third-order valence-electron chi connectivity index (χ3n) is 9.41. The molecule has 1 heterocycles. The highest BCUT2D eigenvalue weighted by Gasteiger charge is 2.40. The Morgan fingerprint density at radius 3 is 1.34 bits per heavy atom. The lowest BCUT2D eigenvalue weighted by atomic mass is 10.0. The van der Waals surface area contributed by atoms with Crippen molar-refractivity contribution in [3.8, 4) is 0 Å². The molecule has 3 heteroatoms. The van der Waals surface area contributed by atoms with Gasteiger partial charge < -0.3 is 9.64 Å². The summed E-state index contributed by atoms with van der Waals surface area (Å²) >= 11 is 2.19. The molecule has 1 aliphatic heterocycles. The molecule has 47 heavy (non-hydrogen) atoms. The number of hydrogen-bond acceptors (Lipinski definition) is 3. The Balaban J connectivity index is 2.12. The van der Waals surface area contributed by atoms with E-state index in [0.717, 1.165) is 18.1 Å². The van der Waals surface area contributed by atoms with Gasteiger partial charge in [-0.15, -0.1) is 11.8 Å². The lowest BCUT2D eigenvalue weighted by Crippen LogP contribution is -2.13. The lowest BCUT2D eigenvalue weighted by Gasteiger charge is -2.16. The summed E-state index contributed by atoms with van der Waals surface area (Å²) in [5, 5.41) is 0.801. The Hall–Kier alpha value is -0.770. The van der Waals surface area contributed by atoms with Crippen molar-refractivity contribution < 1.29 is 4.74 Å². The molecule has 0 spiro atoms. The van der Waals surface area contributed by atoms with Crippen LogP contribution >= 0.6 is 11.8 Å². The maximum absolute atomic E-state index is 6.12. The molecule has 1 fully saturated rings. The topological polar surface area (TPSA) is 15.8 Å². The van der Waals surface area contributed by atoms with Crippen LogP contribution in [0, 0.1) is 0 Å². The van der Waals surface area contributed by atoms with Gasteiger partial charge in [0, 0.05) is 5.25 Å². The van der Waals surface area contributed by atoms with Crippen molar-refractivity contribution >= 4 is 11.8 Å². The molecule has 2 unspecified atom stereocenters. The first kappa shape index (κ1) is 44.3. The number of epoxide rings is 1. The van der Waals surface area contributed by atoms with E-state index in [-0.39, 0.29) is 0 Å². The number of nitrogens with zero attached hydrogens (tertiary/aromatic N) is 1. The van der Waals surface area contributed by atoms with Gasteiger partial charge in [0.2, 0.25) is 0 Å². The molecule has 1 aliphatic rings. The predicted octanol–water partition coefficient (Wildman–Crippen LogP) is 14.6. The Morgan fingerprint density at radius 1 is 0.511 bits per heavy atom. The van der Waals surface area contributed by atoms with Crippen LogP contribution in [0.25, 0.3) is 0 Å². The first-order chi connectivity index (χ1) is 23.2. The van der Waals surface area contributed by atoms with Crippen molar-refractivity contribution in [2.75, 3.05) is 20.6 Å². The summed E-state index contributed by atoms with van der Waals surface area (Å²) in [7, 11) is 4.35. The van der Waals surface area contributed by atoms with Crippen LogP contribution in [0.1, 0.15) is 194 Å². The molecule has 0 aromatic heterocycles. The summed E-state index contributed by atoms with van der Waals surface area (Å²) < 4.78 is 6.12. The molecule has 2 nitrogen and oxygen atoms in total. The zero-order valence-corrected chi connectivity index (χ0v) is 32.9. The molecule has 1 rings (SSSR count). The quantitative estimate of drug-likeness (QED) is 0.0374. The zero-order valence-electron chi connectivity index (χ0n) is 32.1. The van der Waals surface area contributed by atoms with E-state index in [2.05, 4.69) is 93.2 Å². The van der Waals surface area contributed by atoms with Gasteiger partial charge in [-0.25, -0.2) is 0 Å². The average Bonchev–Trinajstić information content (AvgIpc) is 3.81. The number of ether oxygens (including phenoxy) is 1. The Morgan fingerprint density at radius 2 is 0.915 bits per heavy atom. The Labute approximate surface area is 300 Å². The van der Waals surface area contributed by atoms with Crippen LogP contribution in [-0.4, -0.2) is 42.3 Å². The van der Waals surface area contributed by atoms with Gasteiger partial charge in [-0.3, -0.25) is 0 Å². The SMILES string of the molecule is CCCCC/C=C\C/C=C\CCCCCCCCC(CCCCCCCC/C=C\C/C=C\CCCCC)SC1OC1CCCN(C)C. The van der Waals surface area contributed by atoms with E-state index in [1.54, 1.807) is 0 Å². The minimum absolute atomic E-state index is 0.483. The van der Waals surface area contributed by atoms with Crippen molar-refractivity contribution in [1.29, 1.82) is 0 Å². The first-order valence-electron chi connectivity index (χ1n) is 20.7. The van der Waals surface area contributed by atoms with Gasteiger partial charge in [-0.1, -0.05) is 152 Å². The van der Waals surface area contributed by atoms with E-state index in [4.69, 9.17) is 4.74 Å². The van der Waals surface area contributed by atoms with Gasteiger partial charge >= 0.3 is 0 Å². The maximum Gasteiger partial charge on any atom is 0.130 e. The molecule has 0 amide bonds. The van der Waals surface area contributed by atoms with Crippen LogP contribution in [0.4, 0.5) is 0 Å². The highest BCUT2D eigenvalue weighted by molar-refractivity contribution is 8.00. The predicted molar refractivity (Wildman–Crippen MR) is 216 cm³/mol. The summed E-state index contributed by atoms with van der Waals surface area (Å²) in [6.07, 6.45) is 56.9. The van der Waals surface area contributed by atoms with Gasteiger partial charge in [-0.05, 0) is 111 Å². The molecular formula is C44H81NOS. The van der Waals surface area contributed by atoms with Crippen molar-refractivity contribution in [3.05, 3.63) is 48.6 Å². The zero-order chi connectivity index (χ0) is 33.9. The maximum atomic E-state index is 6.12. The van der Waals surface area contributed by atoms with Crippen LogP contribution in [0.15, 0.2) is 48.6 Å². The van der Waals surface area contributed by atoms with E-state index < -0.39 is 0 Å². The highest BCUT2D eigenvalue weighted by atomic mass is 32.2.